The van der Waals surface area contributed by atoms with Gasteiger partial charge < -0.3 is 20.7 Å². The molecule has 0 saturated carbocycles. The topological polar surface area (TPSA) is 120 Å². The molecule has 2 aromatic carbocycles. The minimum absolute atomic E-state index is 0.223. The largest absolute Gasteiger partial charge is 0.495 e. The molecule has 2 heterocycles. The maximum absolute atomic E-state index is 11.0. The van der Waals surface area contributed by atoms with Crippen LogP contribution in [0.2, 0.25) is 0 Å². The molecule has 1 aliphatic rings. The third-order valence-electron chi connectivity index (χ3n) is 5.68. The molecule has 34 heavy (non-hydrogen) atoms. The van der Waals surface area contributed by atoms with Gasteiger partial charge in [-0.05, 0) is 77.1 Å². The molecular formula is C23H27BrN6O3S. The van der Waals surface area contributed by atoms with Crippen LogP contribution in [0, 0.1) is 0 Å². The normalized spacial score (nSPS) is 15.0. The molecule has 5 N–H and O–H groups in total. The zero-order chi connectivity index (χ0) is 23.9. The third kappa shape index (κ3) is 6.30. The van der Waals surface area contributed by atoms with Gasteiger partial charge in [0.25, 0.3) is 0 Å². The van der Waals surface area contributed by atoms with Crippen LogP contribution in [0.5, 0.6) is 5.75 Å². The molecule has 0 radical (unpaired) electrons. The summed E-state index contributed by atoms with van der Waals surface area (Å²) in [6.07, 6.45) is 3.90. The van der Waals surface area contributed by atoms with Crippen LogP contribution in [0.1, 0.15) is 29.9 Å². The van der Waals surface area contributed by atoms with Crippen LogP contribution in [0.3, 0.4) is 0 Å². The number of anilines is 4. The minimum Gasteiger partial charge on any atom is -0.495 e. The van der Waals surface area contributed by atoms with E-state index in [1.165, 1.54) is 5.56 Å². The molecule has 4 rings (SSSR count). The molecule has 0 aliphatic carbocycles. The third-order valence-corrected chi connectivity index (χ3v) is 6.65. The number of benzene rings is 2. The molecule has 9 nitrogen and oxygen atoms in total. The number of hydrogen-bond donors (Lipinski definition) is 5. The van der Waals surface area contributed by atoms with Crippen molar-refractivity contribution < 1.29 is 13.5 Å². The number of hydrogen-bond acceptors (Lipinski definition) is 7. The van der Waals surface area contributed by atoms with Crippen LogP contribution >= 0.6 is 15.9 Å². The summed E-state index contributed by atoms with van der Waals surface area (Å²) in [5.41, 5.74) is 3.63. The van der Waals surface area contributed by atoms with Crippen LogP contribution in [0.25, 0.3) is 0 Å². The zero-order valence-electron chi connectivity index (χ0n) is 18.7. The second-order valence-corrected chi connectivity index (χ2v) is 9.49. The number of ether oxygens (including phenoxy) is 1. The molecule has 1 atom stereocenters. The number of methoxy groups -OCH3 is 1. The van der Waals surface area contributed by atoms with Gasteiger partial charge in [0.2, 0.25) is 17.2 Å². The molecule has 1 aliphatic heterocycles. The quantitative estimate of drug-likeness (QED) is 0.250. The first-order chi connectivity index (χ1) is 16.5. The highest BCUT2D eigenvalue weighted by molar-refractivity contribution is 9.10. The number of nitrogens with one attached hydrogen (secondary N) is 4. The van der Waals surface area contributed by atoms with Crippen LogP contribution in [0.4, 0.5) is 23.1 Å². The van der Waals surface area contributed by atoms with Crippen molar-refractivity contribution >= 4 is 50.3 Å². The Morgan fingerprint density at radius 3 is 2.74 bits per heavy atom. The number of halogens is 1. The Balaban J connectivity index is 1.53. The second kappa shape index (κ2) is 11.7. The first kappa shape index (κ1) is 24.6. The van der Waals surface area contributed by atoms with Crippen molar-refractivity contribution in [3.63, 3.8) is 0 Å². The standard InChI is InChI=1S/C23H27BrN6O3S/c1-33-21-12-16(15-8-10-25-11-9-15)6-7-20(21)29-23-26-14-18(24)22(30-23)28-19-5-3-2-4-17(19)13-27-34(31)32/h2-7,12,14-15,25,27H,8-11,13H2,1H3,(H,31,32)(H2,26,28,29,30). The van der Waals surface area contributed by atoms with E-state index in [1.54, 1.807) is 13.3 Å². The van der Waals surface area contributed by atoms with Crippen molar-refractivity contribution in [1.29, 1.82) is 0 Å². The van der Waals surface area contributed by atoms with E-state index in [4.69, 9.17) is 9.29 Å². The van der Waals surface area contributed by atoms with Crippen molar-refractivity contribution in [2.24, 2.45) is 0 Å². The maximum Gasteiger partial charge on any atom is 0.232 e. The highest BCUT2D eigenvalue weighted by Gasteiger charge is 2.17. The Morgan fingerprint density at radius 2 is 1.97 bits per heavy atom. The highest BCUT2D eigenvalue weighted by atomic mass is 79.9. The lowest BCUT2D eigenvalue weighted by molar-refractivity contribution is 0.413. The average Bonchev–Trinajstić information content (AvgIpc) is 2.86. The zero-order valence-corrected chi connectivity index (χ0v) is 21.1. The molecule has 180 valence electrons. The van der Waals surface area contributed by atoms with E-state index in [1.807, 2.05) is 30.3 Å². The smallest absolute Gasteiger partial charge is 0.232 e. The van der Waals surface area contributed by atoms with Gasteiger partial charge in [-0.2, -0.15) is 4.98 Å². The predicted molar refractivity (Wildman–Crippen MR) is 138 cm³/mol. The second-order valence-electron chi connectivity index (χ2n) is 7.85. The number of para-hydroxylation sites is 1. The van der Waals surface area contributed by atoms with E-state index >= 15 is 0 Å². The van der Waals surface area contributed by atoms with E-state index in [0.29, 0.717) is 22.2 Å². The van der Waals surface area contributed by atoms with Gasteiger partial charge in [0, 0.05) is 18.4 Å². The fraction of sp³-hybridized carbons (Fsp3) is 0.304. The van der Waals surface area contributed by atoms with Crippen molar-refractivity contribution in [2.75, 3.05) is 30.8 Å². The first-order valence-electron chi connectivity index (χ1n) is 10.9. The van der Waals surface area contributed by atoms with E-state index < -0.39 is 11.3 Å². The van der Waals surface area contributed by atoms with Crippen molar-refractivity contribution in [3.05, 3.63) is 64.3 Å². The molecule has 0 spiro atoms. The molecule has 1 aromatic heterocycles. The van der Waals surface area contributed by atoms with Crippen LogP contribution in [-0.4, -0.2) is 38.9 Å². The van der Waals surface area contributed by atoms with E-state index in [-0.39, 0.29) is 6.54 Å². The van der Waals surface area contributed by atoms with Crippen molar-refractivity contribution in [3.8, 4) is 5.75 Å². The number of rotatable bonds is 9. The summed E-state index contributed by atoms with van der Waals surface area (Å²) in [4.78, 5) is 9.00. The average molecular weight is 547 g/mol. The van der Waals surface area contributed by atoms with Gasteiger partial charge in [0.1, 0.15) is 11.6 Å². The summed E-state index contributed by atoms with van der Waals surface area (Å²) in [5.74, 6) is 2.23. The Bertz CT molecular complexity index is 1160. The molecule has 1 saturated heterocycles. The van der Waals surface area contributed by atoms with Crippen molar-refractivity contribution in [1.82, 2.24) is 20.0 Å². The highest BCUT2D eigenvalue weighted by Crippen LogP contribution is 2.34. The maximum atomic E-state index is 11.0. The SMILES string of the molecule is COc1cc(C2CCNCC2)ccc1Nc1ncc(Br)c(Nc2ccccc2CNS(=O)O)n1. The van der Waals surface area contributed by atoms with Crippen LogP contribution < -0.4 is 25.4 Å². The number of piperidine rings is 1. The Kier molecular flexibility index (Phi) is 8.46. The fourth-order valence-corrected chi connectivity index (χ4v) is 4.49. The van der Waals surface area contributed by atoms with Gasteiger partial charge >= 0.3 is 0 Å². The predicted octanol–water partition coefficient (Wildman–Crippen LogP) is 4.43. The Morgan fingerprint density at radius 1 is 1.18 bits per heavy atom. The van der Waals surface area contributed by atoms with Gasteiger partial charge in [0.15, 0.2) is 0 Å². The van der Waals surface area contributed by atoms with Crippen molar-refractivity contribution in [2.45, 2.75) is 25.3 Å². The van der Waals surface area contributed by atoms with Crippen LogP contribution in [0.15, 0.2) is 53.1 Å². The molecule has 1 fully saturated rings. The van der Waals surface area contributed by atoms with Gasteiger partial charge in [-0.25, -0.2) is 13.9 Å². The van der Waals surface area contributed by atoms with Crippen LogP contribution in [-0.2, 0) is 17.8 Å². The molecular weight excluding hydrogens is 520 g/mol. The number of nitrogens with zero attached hydrogens (tertiary/aromatic N) is 2. The fourth-order valence-electron chi connectivity index (χ4n) is 3.92. The summed E-state index contributed by atoms with van der Waals surface area (Å²) in [6, 6.07) is 13.7. The lowest BCUT2D eigenvalue weighted by atomic mass is 9.90. The number of aromatic nitrogens is 2. The monoisotopic (exact) mass is 546 g/mol. The minimum atomic E-state index is -2.10. The van der Waals surface area contributed by atoms with Gasteiger partial charge in [0.05, 0.1) is 17.3 Å². The molecule has 1 unspecified atom stereocenters. The van der Waals surface area contributed by atoms with Gasteiger partial charge in [-0.1, -0.05) is 24.3 Å². The summed E-state index contributed by atoms with van der Waals surface area (Å²) in [7, 11) is 1.66. The molecule has 11 heteroatoms. The summed E-state index contributed by atoms with van der Waals surface area (Å²) >= 11 is 1.40. The molecule has 0 amide bonds. The van der Waals surface area contributed by atoms with E-state index in [2.05, 4.69) is 58.7 Å². The first-order valence-corrected chi connectivity index (χ1v) is 12.8. The Hall–Kier alpha value is -2.57. The lowest BCUT2D eigenvalue weighted by Crippen LogP contribution is -2.26. The van der Waals surface area contributed by atoms with E-state index in [9.17, 15) is 4.21 Å². The molecule has 0 bridgehead atoms. The molecule has 3 aromatic rings. The summed E-state index contributed by atoms with van der Waals surface area (Å²) in [6.45, 7) is 2.29. The Labute approximate surface area is 209 Å². The van der Waals surface area contributed by atoms with Gasteiger partial charge in [-0.3, -0.25) is 4.55 Å². The lowest BCUT2D eigenvalue weighted by Gasteiger charge is -2.24. The van der Waals surface area contributed by atoms with E-state index in [0.717, 1.165) is 48.6 Å². The summed E-state index contributed by atoms with van der Waals surface area (Å²) < 4.78 is 28.9. The summed E-state index contributed by atoms with van der Waals surface area (Å²) in [5, 5.41) is 9.93. The van der Waals surface area contributed by atoms with Gasteiger partial charge in [-0.15, -0.1) is 0 Å².